The summed E-state index contributed by atoms with van der Waals surface area (Å²) >= 11 is 0. The van der Waals surface area contributed by atoms with E-state index in [0.717, 1.165) is 148 Å². The van der Waals surface area contributed by atoms with Gasteiger partial charge in [-0.25, -0.2) is 0 Å². The Kier molecular flexibility index (Phi) is 95.0. The monoisotopic (exact) mass is 1900 g/mol. The van der Waals surface area contributed by atoms with Crippen molar-refractivity contribution in [3.05, 3.63) is 59.7 Å². The first-order valence-electron chi connectivity index (χ1n) is 63.2. The van der Waals surface area contributed by atoms with Crippen molar-refractivity contribution in [2.75, 3.05) is 0 Å². The number of benzene rings is 2. The number of carbonyl (C=O) groups is 1. The third-order valence-electron chi connectivity index (χ3n) is 32.1. The van der Waals surface area contributed by atoms with Crippen LogP contribution >= 0.6 is 0 Å². The average Bonchev–Trinajstić information content (AvgIpc) is 1.71. The predicted molar refractivity (Wildman–Crippen MR) is 631 cm³/mol. The molecule has 12 bridgehead atoms. The Balaban J connectivity index is -0.000000456. The van der Waals surface area contributed by atoms with Crippen LogP contribution in [0, 0.1) is 165 Å². The van der Waals surface area contributed by atoms with Crippen LogP contribution in [0.15, 0.2) is 48.5 Å². The van der Waals surface area contributed by atoms with E-state index in [-0.39, 0.29) is 0 Å². The fraction of sp³-hybridized carbons (Fsp3) is 0.904. The van der Waals surface area contributed by atoms with Crippen LogP contribution in [0.2, 0.25) is 0 Å². The van der Waals surface area contributed by atoms with Gasteiger partial charge < -0.3 is 0 Å². The first-order valence-corrected chi connectivity index (χ1v) is 63.2. The molecular formula is C135H266O. The Morgan fingerprint density at radius 1 is 0.235 bits per heavy atom. The Morgan fingerprint density at radius 2 is 0.515 bits per heavy atom. The number of hydrogen-bond acceptors (Lipinski definition) is 1. The molecule has 0 aliphatic heterocycles. The number of hydrogen-bond donors (Lipinski definition) is 0. The standard InChI is InChI=1S/C16H16.C16H30.C13H22.C13H24.C9H18.2C8H14.C7H10O.C7H12.4C4H10.11C2H6/c1-11(2)16-14-9-5-3-7-12(14)13-8-4-6-10-15(13)16;1-13(2)16(14-9-5-3-6-10-14)15-11-7-4-8-12-15;1-9(2)13-6-10-3-11(7-13)5-12(4-10)8-13;1-10(2)12-8-7-11-5-3-4-6-13(11)9-12;1-8(2)9-6-4-3-5-7-9;1-2-8-5-3-7(1)4-6-8;1-2-7-4-5-8(3-1)6-7;8-7-4-5-1-2-6(7)3-5;1-2-7-4-3-6(1)5-7;4*1-4(2)3;11*1-2/h3-11,16H,1-2H3;13-16H,3-12H2,1-2H3;9-12H,3-8H2,1-2H3;10-13H,3-9H2,1-2H3;8-9H,3-7H2,1-2H3;2*7-8H,1-6H2;5-6H,1-4H2;6-7H,1-5H2;4*4H,1-3H3;11*1-2H3. The number of ketones is 1. The lowest BCUT2D eigenvalue weighted by Gasteiger charge is -2.58. The van der Waals surface area contributed by atoms with Crippen LogP contribution in [0.1, 0.15) is 636 Å². The predicted octanol–water partition coefficient (Wildman–Crippen LogP) is 47.9. The zero-order valence-electron chi connectivity index (χ0n) is 103. The van der Waals surface area contributed by atoms with Gasteiger partial charge in [0, 0.05) is 18.3 Å². The van der Waals surface area contributed by atoms with E-state index in [4.69, 9.17) is 0 Å². The van der Waals surface area contributed by atoms with Gasteiger partial charge in [0.25, 0.3) is 0 Å². The van der Waals surface area contributed by atoms with Crippen LogP contribution in [0.3, 0.4) is 0 Å². The van der Waals surface area contributed by atoms with Crippen molar-refractivity contribution in [1.29, 1.82) is 0 Å². The summed E-state index contributed by atoms with van der Waals surface area (Å²) in [6, 6.07) is 17.6. The molecule has 0 radical (unpaired) electrons. The number of rotatable bonds is 7. The molecule has 18 saturated carbocycles. The van der Waals surface area contributed by atoms with Gasteiger partial charge in [-0.15, -0.1) is 0 Å². The molecule has 7 unspecified atom stereocenters. The van der Waals surface area contributed by atoms with Crippen molar-refractivity contribution in [2.45, 2.75) is 625 Å². The summed E-state index contributed by atoms with van der Waals surface area (Å²) in [4.78, 5) is 10.8. The number of Topliss-reactive ketones (excluding diaryl/α,β-unsaturated/α-hetero) is 1. The molecule has 2 aromatic carbocycles. The average molecular weight is 1910 g/mol. The maximum Gasteiger partial charge on any atom is 0.136 e. The van der Waals surface area contributed by atoms with Gasteiger partial charge in [-0.2, -0.15) is 0 Å². The van der Waals surface area contributed by atoms with Gasteiger partial charge in [0.1, 0.15) is 5.78 Å². The molecular weight excluding hydrogens is 1640 g/mol. The van der Waals surface area contributed by atoms with Crippen LogP contribution in [-0.4, -0.2) is 5.78 Å². The minimum Gasteiger partial charge on any atom is -0.299 e. The molecule has 18 fully saturated rings. The van der Waals surface area contributed by atoms with Gasteiger partial charge >= 0.3 is 0 Å². The zero-order chi connectivity index (χ0) is 105. The molecule has 19 aliphatic rings. The molecule has 0 aromatic heterocycles. The van der Waals surface area contributed by atoms with Crippen LogP contribution in [0.5, 0.6) is 0 Å². The summed E-state index contributed by atoms with van der Waals surface area (Å²) in [6.07, 6.45) is 74.2. The summed E-state index contributed by atoms with van der Waals surface area (Å²) in [5.74, 6) is 28.1. The first kappa shape index (κ1) is 143. The van der Waals surface area contributed by atoms with E-state index in [1.807, 2.05) is 152 Å². The lowest BCUT2D eigenvalue weighted by Crippen LogP contribution is -2.48. The van der Waals surface area contributed by atoms with Gasteiger partial charge in [-0.3, -0.25) is 4.79 Å². The largest absolute Gasteiger partial charge is 0.299 e. The molecule has 136 heavy (non-hydrogen) atoms. The lowest BCUT2D eigenvalue weighted by atomic mass is 9.47. The summed E-state index contributed by atoms with van der Waals surface area (Å²) in [5.41, 5.74) is 6.65. The Bertz CT molecular complexity index is 2570. The van der Waals surface area contributed by atoms with Gasteiger partial charge in [0.05, 0.1) is 0 Å². The summed E-state index contributed by atoms with van der Waals surface area (Å²) in [7, 11) is 0. The van der Waals surface area contributed by atoms with Crippen molar-refractivity contribution in [3.63, 3.8) is 0 Å². The van der Waals surface area contributed by atoms with E-state index in [1.165, 1.54) is 150 Å². The topological polar surface area (TPSA) is 17.1 Å². The van der Waals surface area contributed by atoms with E-state index in [9.17, 15) is 4.79 Å². The van der Waals surface area contributed by atoms with Crippen molar-refractivity contribution >= 4 is 5.78 Å². The molecule has 0 heterocycles. The van der Waals surface area contributed by atoms with Crippen molar-refractivity contribution in [2.24, 2.45) is 165 Å². The summed E-state index contributed by atoms with van der Waals surface area (Å²) in [5, 5.41) is 0. The second kappa shape index (κ2) is 90.6. The van der Waals surface area contributed by atoms with Crippen LogP contribution in [0.4, 0.5) is 0 Å². The Labute approximate surface area is 866 Å². The second-order valence-corrected chi connectivity index (χ2v) is 47.2. The summed E-state index contributed by atoms with van der Waals surface area (Å²) < 4.78 is 0. The van der Waals surface area contributed by atoms with E-state index in [0.29, 0.717) is 23.5 Å². The molecule has 0 N–H and O–H groups in total. The highest BCUT2D eigenvalue weighted by Gasteiger charge is 2.52. The SMILES string of the molecule is C1CC2CCC(C1)C2.C1CC2CCC1C2.C1CC2CCC1CC2.CC.CC.CC.CC.CC.CC.CC.CC.CC.CC.CC.CC(C)C.CC(C)C.CC(C)C.CC(C)C.CC(C)C(C1CCCCC1)C1CCCCC1.CC(C)C12CC3CC(CC(C3)C1)C2.CC(C)C1CCC2CCCCC2C1.CC(C)C1CCCCC1.CC(C)C1c2ccccc2-c2ccccc21.O=C1CC2CCC1C2. The van der Waals surface area contributed by atoms with Crippen LogP contribution < -0.4 is 0 Å². The van der Waals surface area contributed by atoms with Gasteiger partial charge in [-0.05, 0) is 271 Å². The Morgan fingerprint density at radius 3 is 0.757 bits per heavy atom. The molecule has 19 aliphatic carbocycles. The molecule has 0 amide bonds. The van der Waals surface area contributed by atoms with Gasteiger partial charge in [0.15, 0.2) is 0 Å². The Hall–Kier alpha value is -1.89. The summed E-state index contributed by atoms with van der Waals surface area (Å²) in [6.45, 7) is 94.0. The molecule has 7 atom stereocenters. The highest BCUT2D eigenvalue weighted by Crippen LogP contribution is 2.63. The molecule has 0 saturated heterocycles. The molecule has 812 valence electrons. The molecule has 1 heteroatoms. The number of carbonyl (C=O) groups excluding carboxylic acids is 1. The van der Waals surface area contributed by atoms with E-state index in [1.54, 1.807) is 193 Å². The fourth-order valence-corrected chi connectivity index (χ4v) is 26.5. The third-order valence-corrected chi connectivity index (χ3v) is 32.1. The lowest BCUT2D eigenvalue weighted by molar-refractivity contribution is -0.121. The minimum atomic E-state index is 0.500. The molecule has 21 rings (SSSR count). The molecule has 2 aromatic rings. The van der Waals surface area contributed by atoms with Gasteiger partial charge in [-0.1, -0.05) is 571 Å². The van der Waals surface area contributed by atoms with Gasteiger partial charge in [0.2, 0.25) is 0 Å². The second-order valence-electron chi connectivity index (χ2n) is 47.2. The highest BCUT2D eigenvalue weighted by molar-refractivity contribution is 5.84. The zero-order valence-corrected chi connectivity index (χ0v) is 103. The maximum absolute atomic E-state index is 10.8. The van der Waals surface area contributed by atoms with Crippen LogP contribution in [0.25, 0.3) is 11.1 Å². The van der Waals surface area contributed by atoms with Crippen LogP contribution in [-0.2, 0) is 4.79 Å². The highest BCUT2D eigenvalue weighted by atomic mass is 16.1. The van der Waals surface area contributed by atoms with Crippen molar-refractivity contribution < 1.29 is 4.79 Å². The maximum atomic E-state index is 10.8. The first-order chi connectivity index (χ1) is 65.5. The smallest absolute Gasteiger partial charge is 0.136 e. The number of fused-ring (bicyclic) bond motifs is 13. The quantitative estimate of drug-likeness (QED) is 0.270. The van der Waals surface area contributed by atoms with Crippen molar-refractivity contribution in [3.8, 4) is 11.1 Å². The normalized spacial score (nSPS) is 27.0. The minimum absolute atomic E-state index is 0.500. The molecule has 0 spiro atoms. The van der Waals surface area contributed by atoms with Crippen molar-refractivity contribution in [1.82, 2.24) is 0 Å². The van der Waals surface area contributed by atoms with E-state index < -0.39 is 0 Å². The van der Waals surface area contributed by atoms with E-state index in [2.05, 4.69) is 201 Å². The van der Waals surface area contributed by atoms with E-state index >= 15 is 0 Å². The third kappa shape index (κ3) is 60.3. The fourth-order valence-electron chi connectivity index (χ4n) is 26.5. The molecule has 1 nitrogen and oxygen atoms in total.